The van der Waals surface area contributed by atoms with E-state index in [1.54, 1.807) is 0 Å². The smallest absolute Gasteiger partial charge is 0.0594 e. The third-order valence-electron chi connectivity index (χ3n) is 13.1. The van der Waals surface area contributed by atoms with Crippen LogP contribution in [0, 0.1) is 50.7 Å². The van der Waals surface area contributed by atoms with Crippen molar-refractivity contribution in [3.63, 3.8) is 0 Å². The van der Waals surface area contributed by atoms with Crippen LogP contribution >= 0.6 is 0 Å². The van der Waals surface area contributed by atoms with Crippen molar-refractivity contribution in [2.24, 2.45) is 50.7 Å². The first-order valence-electron chi connectivity index (χ1n) is 13.8. The number of aliphatic hydroxyl groups excluding tert-OH is 1. The first kappa shape index (κ1) is 22.5. The summed E-state index contributed by atoms with van der Waals surface area (Å²) in [6, 6.07) is 0. The molecule has 0 radical (unpaired) electrons. The van der Waals surface area contributed by atoms with Crippen LogP contribution in [0.2, 0.25) is 0 Å². The summed E-state index contributed by atoms with van der Waals surface area (Å²) in [6.45, 7) is 19.1. The molecule has 0 amide bonds. The van der Waals surface area contributed by atoms with Crippen LogP contribution in [0.3, 0.4) is 0 Å². The largest absolute Gasteiger partial charge is 0.393 e. The summed E-state index contributed by atoms with van der Waals surface area (Å²) in [4.78, 5) is 0. The van der Waals surface area contributed by atoms with E-state index >= 15 is 0 Å². The van der Waals surface area contributed by atoms with E-state index < -0.39 is 0 Å². The normalized spacial score (nSPS) is 53.0. The molecule has 176 valence electrons. The lowest BCUT2D eigenvalue weighted by Crippen LogP contribution is -2.57. The maximum absolute atomic E-state index is 10.8. The SMILES string of the molecule is C=C(C)CCC[C@@H](C)[C@H]1CC[C@@]2(C)[C@H]3CC[C@H]4C(C)(C)[C@@H](O)CC[C@@]45C[C@@]35CC[C@]12C. The molecule has 0 aromatic rings. The lowest BCUT2D eigenvalue weighted by molar-refractivity contribution is -0.161. The lowest BCUT2D eigenvalue weighted by atomic mass is 9.41. The number of hydrogen-bond donors (Lipinski definition) is 1. The average molecular weight is 427 g/mol. The summed E-state index contributed by atoms with van der Waals surface area (Å²) in [5.74, 6) is 3.46. The van der Waals surface area contributed by atoms with Gasteiger partial charge in [-0.1, -0.05) is 46.6 Å². The van der Waals surface area contributed by atoms with Gasteiger partial charge in [0.15, 0.2) is 0 Å². The summed E-state index contributed by atoms with van der Waals surface area (Å²) in [5.41, 5.74) is 3.74. The Labute approximate surface area is 192 Å². The van der Waals surface area contributed by atoms with Gasteiger partial charge < -0.3 is 5.11 Å². The fourth-order valence-electron chi connectivity index (χ4n) is 11.2. The Morgan fingerprint density at radius 1 is 0.903 bits per heavy atom. The summed E-state index contributed by atoms with van der Waals surface area (Å²) in [7, 11) is 0. The van der Waals surface area contributed by atoms with Gasteiger partial charge in [-0.05, 0) is 128 Å². The van der Waals surface area contributed by atoms with Gasteiger partial charge in [0.05, 0.1) is 6.10 Å². The molecule has 0 heterocycles. The zero-order chi connectivity index (χ0) is 22.4. The fraction of sp³-hybridized carbons (Fsp3) is 0.933. The predicted octanol–water partition coefficient (Wildman–Crippen LogP) is 8.17. The summed E-state index contributed by atoms with van der Waals surface area (Å²) in [5, 5.41) is 10.8. The number of hydrogen-bond acceptors (Lipinski definition) is 1. The van der Waals surface area contributed by atoms with Crippen LogP contribution in [0.15, 0.2) is 12.2 Å². The van der Waals surface area contributed by atoms with Crippen LogP contribution < -0.4 is 0 Å². The second-order valence-electron chi connectivity index (χ2n) is 14.4. The van der Waals surface area contributed by atoms with Gasteiger partial charge >= 0.3 is 0 Å². The Morgan fingerprint density at radius 3 is 2.29 bits per heavy atom. The molecule has 5 saturated carbocycles. The molecule has 0 aliphatic heterocycles. The molecule has 1 nitrogen and oxygen atoms in total. The van der Waals surface area contributed by atoms with Crippen LogP contribution in [-0.4, -0.2) is 11.2 Å². The van der Waals surface area contributed by atoms with E-state index in [0.29, 0.717) is 21.7 Å². The van der Waals surface area contributed by atoms with E-state index in [-0.39, 0.29) is 11.5 Å². The van der Waals surface area contributed by atoms with Gasteiger partial charge in [-0.3, -0.25) is 0 Å². The van der Waals surface area contributed by atoms with E-state index in [0.717, 1.165) is 30.1 Å². The average Bonchev–Trinajstić information content (AvgIpc) is 3.27. The second kappa shape index (κ2) is 6.86. The minimum absolute atomic E-state index is 0.0855. The van der Waals surface area contributed by atoms with Crippen molar-refractivity contribution in [3.05, 3.63) is 12.2 Å². The van der Waals surface area contributed by atoms with E-state index in [1.807, 2.05) is 0 Å². The van der Waals surface area contributed by atoms with Crippen LogP contribution in [-0.2, 0) is 0 Å². The van der Waals surface area contributed by atoms with Gasteiger partial charge in [-0.15, -0.1) is 6.58 Å². The third kappa shape index (κ3) is 2.71. The monoisotopic (exact) mass is 426 g/mol. The number of rotatable bonds is 5. The summed E-state index contributed by atoms with van der Waals surface area (Å²) < 4.78 is 0. The molecule has 31 heavy (non-hydrogen) atoms. The van der Waals surface area contributed by atoms with Crippen molar-refractivity contribution in [1.29, 1.82) is 0 Å². The first-order chi connectivity index (χ1) is 14.4. The van der Waals surface area contributed by atoms with Crippen molar-refractivity contribution >= 4 is 0 Å². The molecule has 5 aliphatic carbocycles. The highest BCUT2D eigenvalue weighted by Gasteiger charge is 2.82. The molecule has 0 aromatic carbocycles. The Bertz CT molecular complexity index is 752. The van der Waals surface area contributed by atoms with Gasteiger partial charge in [0.25, 0.3) is 0 Å². The van der Waals surface area contributed by atoms with Gasteiger partial charge in [0, 0.05) is 0 Å². The van der Waals surface area contributed by atoms with Crippen LogP contribution in [0.25, 0.3) is 0 Å². The zero-order valence-electron chi connectivity index (χ0n) is 21.5. The molecule has 0 bridgehead atoms. The van der Waals surface area contributed by atoms with Crippen molar-refractivity contribution in [3.8, 4) is 0 Å². The molecule has 5 aliphatic rings. The van der Waals surface area contributed by atoms with Gasteiger partial charge in [0.2, 0.25) is 0 Å². The second-order valence-corrected chi connectivity index (χ2v) is 14.4. The number of allylic oxidation sites excluding steroid dienone is 1. The minimum Gasteiger partial charge on any atom is -0.393 e. The van der Waals surface area contributed by atoms with E-state index in [2.05, 4.69) is 48.1 Å². The van der Waals surface area contributed by atoms with Crippen LogP contribution in [0.1, 0.15) is 119 Å². The summed E-state index contributed by atoms with van der Waals surface area (Å²) in [6.07, 6.45) is 16.4. The molecule has 0 unspecified atom stereocenters. The Kier molecular flexibility index (Phi) is 4.98. The molecule has 5 fully saturated rings. The predicted molar refractivity (Wildman–Crippen MR) is 131 cm³/mol. The fourth-order valence-corrected chi connectivity index (χ4v) is 11.2. The quantitative estimate of drug-likeness (QED) is 0.439. The van der Waals surface area contributed by atoms with Gasteiger partial charge in [-0.25, -0.2) is 0 Å². The molecule has 1 heteroatoms. The highest BCUT2D eigenvalue weighted by atomic mass is 16.3. The molecule has 9 atom stereocenters. The van der Waals surface area contributed by atoms with Crippen molar-refractivity contribution in [2.45, 2.75) is 125 Å². The molecule has 2 spiro atoms. The van der Waals surface area contributed by atoms with Gasteiger partial charge in [0.1, 0.15) is 0 Å². The third-order valence-corrected chi connectivity index (χ3v) is 13.1. The number of fused-ring (bicyclic) bond motifs is 2. The van der Waals surface area contributed by atoms with Crippen molar-refractivity contribution in [2.75, 3.05) is 0 Å². The highest BCUT2D eigenvalue weighted by Crippen LogP contribution is 2.89. The Morgan fingerprint density at radius 2 is 1.58 bits per heavy atom. The van der Waals surface area contributed by atoms with Crippen molar-refractivity contribution in [1.82, 2.24) is 0 Å². The molecule has 5 rings (SSSR count). The number of aliphatic hydroxyl groups is 1. The molecular weight excluding hydrogens is 376 g/mol. The first-order valence-corrected chi connectivity index (χ1v) is 13.8. The Hall–Kier alpha value is -0.300. The molecule has 1 N–H and O–H groups in total. The topological polar surface area (TPSA) is 20.2 Å². The Balaban J connectivity index is 1.39. The van der Waals surface area contributed by atoms with Crippen molar-refractivity contribution < 1.29 is 5.11 Å². The maximum Gasteiger partial charge on any atom is 0.0594 e. The minimum atomic E-state index is -0.0855. The molecular formula is C30H50O. The zero-order valence-corrected chi connectivity index (χ0v) is 21.5. The maximum atomic E-state index is 10.8. The summed E-state index contributed by atoms with van der Waals surface area (Å²) >= 11 is 0. The highest BCUT2D eigenvalue weighted by molar-refractivity contribution is 5.30. The van der Waals surface area contributed by atoms with E-state index in [4.69, 9.17) is 0 Å². The lowest BCUT2D eigenvalue weighted by Gasteiger charge is -2.63. The van der Waals surface area contributed by atoms with Gasteiger partial charge in [-0.2, -0.15) is 0 Å². The molecule has 0 saturated heterocycles. The van der Waals surface area contributed by atoms with Crippen LogP contribution in [0.5, 0.6) is 0 Å². The standard InChI is InChI=1S/C30H50O/c1-20(2)9-8-10-21(3)22-13-15-28(7)24-12-11-23-26(4,5)25(31)14-16-29(23)19-30(24,29)18-17-27(22,28)6/h21-25,31H,1,8-19H2,2-7H3/t21-,22-,23+,24-,25+,27-,28+,29-,30+/m1/s1. The van der Waals surface area contributed by atoms with E-state index in [1.165, 1.54) is 76.2 Å². The van der Waals surface area contributed by atoms with Crippen LogP contribution in [0.4, 0.5) is 0 Å². The molecule has 0 aromatic heterocycles. The van der Waals surface area contributed by atoms with E-state index in [9.17, 15) is 5.11 Å².